The van der Waals surface area contributed by atoms with Crippen molar-refractivity contribution in [1.29, 1.82) is 0 Å². The molecule has 1 saturated heterocycles. The SMILES string of the molecule is Cc1c(N2CCN(Cc3cccnc3)CC2)nn2c(C(F)(F)F)nnc2c1C. The van der Waals surface area contributed by atoms with Gasteiger partial charge in [0.15, 0.2) is 11.5 Å². The fraction of sp³-hybridized carbons (Fsp3) is 0.444. The van der Waals surface area contributed by atoms with Gasteiger partial charge in [-0.3, -0.25) is 9.88 Å². The number of halogens is 3. The Kier molecular flexibility index (Phi) is 4.66. The molecule has 0 aromatic carbocycles. The zero-order chi connectivity index (χ0) is 19.9. The van der Waals surface area contributed by atoms with E-state index in [9.17, 15) is 13.2 Å². The highest BCUT2D eigenvalue weighted by atomic mass is 19.4. The first-order valence-corrected chi connectivity index (χ1v) is 9.00. The van der Waals surface area contributed by atoms with Crippen LogP contribution in [0, 0.1) is 13.8 Å². The summed E-state index contributed by atoms with van der Waals surface area (Å²) in [7, 11) is 0. The van der Waals surface area contributed by atoms with Gasteiger partial charge in [0.1, 0.15) is 0 Å². The van der Waals surface area contributed by atoms with Crippen LogP contribution >= 0.6 is 0 Å². The first-order valence-electron chi connectivity index (χ1n) is 9.00. The van der Waals surface area contributed by atoms with E-state index in [2.05, 4.69) is 25.2 Å². The summed E-state index contributed by atoms with van der Waals surface area (Å²) in [5.74, 6) is -0.543. The third kappa shape index (κ3) is 3.39. The summed E-state index contributed by atoms with van der Waals surface area (Å²) >= 11 is 0. The van der Waals surface area contributed by atoms with Gasteiger partial charge in [-0.15, -0.1) is 15.3 Å². The van der Waals surface area contributed by atoms with Gasteiger partial charge >= 0.3 is 6.18 Å². The van der Waals surface area contributed by atoms with E-state index in [1.165, 1.54) is 0 Å². The van der Waals surface area contributed by atoms with Crippen LogP contribution in [0.5, 0.6) is 0 Å². The van der Waals surface area contributed by atoms with Crippen molar-refractivity contribution < 1.29 is 13.2 Å². The number of rotatable bonds is 3. The van der Waals surface area contributed by atoms with E-state index in [0.717, 1.165) is 35.3 Å². The minimum Gasteiger partial charge on any atom is -0.352 e. The van der Waals surface area contributed by atoms with Crippen LogP contribution in [-0.2, 0) is 12.7 Å². The largest absolute Gasteiger partial charge is 0.453 e. The monoisotopic (exact) mass is 391 g/mol. The normalized spacial score (nSPS) is 16.1. The second-order valence-electron chi connectivity index (χ2n) is 6.95. The molecule has 28 heavy (non-hydrogen) atoms. The Balaban J connectivity index is 1.57. The maximum absolute atomic E-state index is 13.2. The molecule has 1 fully saturated rings. The molecule has 10 heteroatoms. The molecule has 0 saturated carbocycles. The van der Waals surface area contributed by atoms with Gasteiger partial charge in [-0.25, -0.2) is 0 Å². The minimum atomic E-state index is -4.60. The molecule has 7 nitrogen and oxygen atoms in total. The molecule has 1 aliphatic rings. The summed E-state index contributed by atoms with van der Waals surface area (Å²) in [5, 5.41) is 11.3. The molecule has 0 bridgehead atoms. The number of alkyl halides is 3. The van der Waals surface area contributed by atoms with E-state index < -0.39 is 12.0 Å². The summed E-state index contributed by atoms with van der Waals surface area (Å²) < 4.78 is 40.5. The number of anilines is 1. The number of hydrogen-bond acceptors (Lipinski definition) is 6. The van der Waals surface area contributed by atoms with E-state index in [1.54, 1.807) is 13.1 Å². The molecule has 0 radical (unpaired) electrons. The van der Waals surface area contributed by atoms with Gasteiger partial charge in [0.2, 0.25) is 0 Å². The van der Waals surface area contributed by atoms with Crippen molar-refractivity contribution in [3.05, 3.63) is 47.0 Å². The van der Waals surface area contributed by atoms with Crippen LogP contribution in [0.1, 0.15) is 22.5 Å². The maximum Gasteiger partial charge on any atom is 0.453 e. The fourth-order valence-electron chi connectivity index (χ4n) is 3.46. The molecule has 3 aromatic rings. The van der Waals surface area contributed by atoms with Gasteiger partial charge in [-0.05, 0) is 25.5 Å². The fourth-order valence-corrected chi connectivity index (χ4v) is 3.46. The van der Waals surface area contributed by atoms with E-state index >= 15 is 0 Å². The van der Waals surface area contributed by atoms with Gasteiger partial charge in [-0.2, -0.15) is 17.7 Å². The van der Waals surface area contributed by atoms with Crippen LogP contribution in [0.15, 0.2) is 24.5 Å². The van der Waals surface area contributed by atoms with E-state index in [4.69, 9.17) is 0 Å². The summed E-state index contributed by atoms with van der Waals surface area (Å²) in [6.45, 7) is 7.37. The van der Waals surface area contributed by atoms with Crippen LogP contribution in [0.25, 0.3) is 5.65 Å². The molecule has 4 heterocycles. The highest BCUT2D eigenvalue weighted by Gasteiger charge is 2.38. The van der Waals surface area contributed by atoms with E-state index in [-0.39, 0.29) is 5.65 Å². The zero-order valence-corrected chi connectivity index (χ0v) is 15.6. The van der Waals surface area contributed by atoms with Crippen molar-refractivity contribution in [2.24, 2.45) is 0 Å². The highest BCUT2D eigenvalue weighted by molar-refractivity contribution is 5.59. The number of pyridine rings is 1. The molecular weight excluding hydrogens is 371 g/mol. The van der Waals surface area contributed by atoms with Crippen LogP contribution in [0.3, 0.4) is 0 Å². The van der Waals surface area contributed by atoms with E-state index in [0.29, 0.717) is 24.5 Å². The number of aryl methyl sites for hydroxylation is 1. The molecule has 0 N–H and O–H groups in total. The summed E-state index contributed by atoms with van der Waals surface area (Å²) in [6.07, 6.45) is -1.01. The molecule has 0 unspecified atom stereocenters. The molecule has 0 amide bonds. The number of nitrogens with zero attached hydrogens (tertiary/aromatic N) is 7. The van der Waals surface area contributed by atoms with Gasteiger partial charge in [0.05, 0.1) is 0 Å². The van der Waals surface area contributed by atoms with Gasteiger partial charge < -0.3 is 4.90 Å². The molecule has 0 aliphatic carbocycles. The quantitative estimate of drug-likeness (QED) is 0.684. The number of fused-ring (bicyclic) bond motifs is 1. The Hall–Kier alpha value is -2.75. The smallest absolute Gasteiger partial charge is 0.352 e. The van der Waals surface area contributed by atoms with Crippen LogP contribution < -0.4 is 4.90 Å². The van der Waals surface area contributed by atoms with Crippen LogP contribution in [0.4, 0.5) is 19.0 Å². The first-order chi connectivity index (χ1) is 13.3. The maximum atomic E-state index is 13.2. The van der Waals surface area contributed by atoms with Gasteiger partial charge in [0, 0.05) is 56.2 Å². The Labute approximate surface area is 159 Å². The molecule has 3 aromatic heterocycles. The summed E-state index contributed by atoms with van der Waals surface area (Å²) in [5.41, 5.74) is 2.77. The predicted molar refractivity (Wildman–Crippen MR) is 97.0 cm³/mol. The lowest BCUT2D eigenvalue weighted by Crippen LogP contribution is -2.46. The molecule has 148 valence electrons. The lowest BCUT2D eigenvalue weighted by atomic mass is 10.1. The average molecular weight is 391 g/mol. The Morgan fingerprint density at radius 1 is 1.04 bits per heavy atom. The van der Waals surface area contributed by atoms with Crippen molar-refractivity contribution in [2.45, 2.75) is 26.6 Å². The molecule has 4 rings (SSSR count). The third-order valence-electron chi connectivity index (χ3n) is 5.12. The number of aromatic nitrogens is 5. The number of hydrogen-bond donors (Lipinski definition) is 0. The van der Waals surface area contributed by atoms with Crippen LogP contribution in [0.2, 0.25) is 0 Å². The van der Waals surface area contributed by atoms with Crippen molar-refractivity contribution >= 4 is 11.5 Å². The number of piperazine rings is 1. The van der Waals surface area contributed by atoms with Crippen molar-refractivity contribution in [3.8, 4) is 0 Å². The average Bonchev–Trinajstić information content (AvgIpc) is 3.11. The molecule has 1 aliphatic heterocycles. The van der Waals surface area contributed by atoms with E-state index in [1.807, 2.05) is 30.2 Å². The standard InChI is InChI=1S/C18H20F3N7/c1-12-13(2)16(25-28-15(12)23-24-17(28)18(19,20)21)27-8-6-26(7-9-27)11-14-4-3-5-22-10-14/h3-5,10H,6-9,11H2,1-2H3. The summed E-state index contributed by atoms with van der Waals surface area (Å²) in [4.78, 5) is 8.46. The van der Waals surface area contributed by atoms with Gasteiger partial charge in [-0.1, -0.05) is 6.07 Å². The Bertz CT molecular complexity index is 976. The lowest BCUT2D eigenvalue weighted by Gasteiger charge is -2.36. The molecule has 0 atom stereocenters. The van der Waals surface area contributed by atoms with Crippen molar-refractivity contribution in [1.82, 2.24) is 29.7 Å². The second-order valence-corrected chi connectivity index (χ2v) is 6.95. The Morgan fingerprint density at radius 2 is 1.79 bits per heavy atom. The molecule has 0 spiro atoms. The van der Waals surface area contributed by atoms with Crippen molar-refractivity contribution in [3.63, 3.8) is 0 Å². The minimum absolute atomic E-state index is 0.142. The lowest BCUT2D eigenvalue weighted by molar-refractivity contribution is -0.146. The Morgan fingerprint density at radius 3 is 2.43 bits per heavy atom. The topological polar surface area (TPSA) is 62.5 Å². The second kappa shape index (κ2) is 7.01. The van der Waals surface area contributed by atoms with Gasteiger partial charge in [0.25, 0.3) is 5.82 Å². The summed E-state index contributed by atoms with van der Waals surface area (Å²) in [6, 6.07) is 3.95. The van der Waals surface area contributed by atoms with Crippen LogP contribution in [-0.4, -0.2) is 55.9 Å². The predicted octanol–water partition coefficient (Wildman–Crippen LogP) is 2.48. The van der Waals surface area contributed by atoms with Crippen molar-refractivity contribution in [2.75, 3.05) is 31.1 Å². The first kappa shape index (κ1) is 18.6. The molecular formula is C18H20F3N7. The zero-order valence-electron chi connectivity index (χ0n) is 15.6. The third-order valence-corrected chi connectivity index (χ3v) is 5.12. The highest BCUT2D eigenvalue weighted by Crippen LogP contribution is 2.30.